The molecular formula is C19H19N4O3S+. The van der Waals surface area contributed by atoms with Crippen molar-refractivity contribution >= 4 is 35.4 Å². The van der Waals surface area contributed by atoms with Crippen LogP contribution in [0.25, 0.3) is 12.7 Å². The van der Waals surface area contributed by atoms with E-state index in [4.69, 9.17) is 10.6 Å². The molecule has 0 aliphatic rings. The lowest BCUT2D eigenvalue weighted by Gasteiger charge is -2.07. The summed E-state index contributed by atoms with van der Waals surface area (Å²) in [5.41, 5.74) is 1.89. The summed E-state index contributed by atoms with van der Waals surface area (Å²) in [6.45, 7) is 4.27. The van der Waals surface area contributed by atoms with Crippen LogP contribution >= 0.6 is 11.3 Å². The van der Waals surface area contributed by atoms with E-state index in [1.54, 1.807) is 42.0 Å². The molecule has 138 valence electrons. The van der Waals surface area contributed by atoms with Gasteiger partial charge >= 0.3 is 0 Å². The predicted molar refractivity (Wildman–Crippen MR) is 107 cm³/mol. The number of hydrazine groups is 1. The summed E-state index contributed by atoms with van der Waals surface area (Å²) in [6.07, 6.45) is 1.76. The van der Waals surface area contributed by atoms with Crippen LogP contribution in [0.5, 0.6) is 5.75 Å². The number of thiazole rings is 1. The fourth-order valence-corrected chi connectivity index (χ4v) is 3.38. The van der Waals surface area contributed by atoms with Crippen LogP contribution in [-0.2, 0) is 6.67 Å². The first-order chi connectivity index (χ1) is 13.0. The van der Waals surface area contributed by atoms with Crippen molar-refractivity contribution in [3.05, 3.63) is 78.6 Å². The summed E-state index contributed by atoms with van der Waals surface area (Å²) in [5, 5.41) is 3.20. The second-order valence-electron chi connectivity index (χ2n) is 5.72. The Kier molecular flexibility index (Phi) is 5.37. The molecule has 0 unspecified atom stereocenters. The Balaban J connectivity index is 1.82. The Bertz CT molecular complexity index is 1120. The van der Waals surface area contributed by atoms with Crippen molar-refractivity contribution in [2.45, 2.75) is 6.67 Å². The van der Waals surface area contributed by atoms with E-state index in [2.05, 4.69) is 11.9 Å². The Morgan fingerprint density at radius 1 is 1.22 bits per heavy atom. The molecule has 0 fully saturated rings. The van der Waals surface area contributed by atoms with Crippen LogP contribution in [0.15, 0.2) is 53.3 Å². The minimum Gasteiger partial charge on any atom is -0.497 e. The first kappa shape index (κ1) is 18.4. The average molecular weight is 383 g/mol. The highest BCUT2D eigenvalue weighted by Gasteiger charge is 2.07. The van der Waals surface area contributed by atoms with Gasteiger partial charge in [0.25, 0.3) is 11.2 Å². The number of anilines is 1. The van der Waals surface area contributed by atoms with Gasteiger partial charge in [-0.2, -0.15) is 5.84 Å². The van der Waals surface area contributed by atoms with Gasteiger partial charge in [0.1, 0.15) is 5.75 Å². The molecule has 0 amide bonds. The van der Waals surface area contributed by atoms with Crippen LogP contribution in [0, 0.1) is 4.91 Å². The molecule has 3 rings (SSSR count). The highest BCUT2D eigenvalue weighted by molar-refractivity contribution is 7.07. The van der Waals surface area contributed by atoms with Crippen molar-refractivity contribution in [1.29, 1.82) is 0 Å². The number of aromatic nitrogens is 1. The van der Waals surface area contributed by atoms with Crippen LogP contribution in [0.2, 0.25) is 0 Å². The van der Waals surface area contributed by atoms with Gasteiger partial charge in [0, 0.05) is 17.8 Å². The minimum absolute atomic E-state index is 0.126. The van der Waals surface area contributed by atoms with E-state index < -0.39 is 0 Å². The summed E-state index contributed by atoms with van der Waals surface area (Å²) in [5.74, 6) is 5.92. The van der Waals surface area contributed by atoms with Crippen molar-refractivity contribution < 1.29 is 9.61 Å². The molecule has 3 N–H and O–H groups in total. The summed E-state index contributed by atoms with van der Waals surface area (Å²) in [4.78, 5) is 24.0. The number of benzene rings is 2. The number of nitroso groups, excluding NO2 is 1. The quantitative estimate of drug-likeness (QED) is 0.383. The SMILES string of the molecule is C=c1s/c(=C/c2ccc([N+](N)=O)cc2)c(=O)n1CNc1ccc(OC)cc1. The smallest absolute Gasteiger partial charge is 0.291 e. The number of hydrogen-bond donors (Lipinski definition) is 2. The Hall–Kier alpha value is -3.39. The maximum absolute atomic E-state index is 12.7. The molecule has 2 aromatic carbocycles. The van der Waals surface area contributed by atoms with Crippen molar-refractivity contribution in [2.24, 2.45) is 5.84 Å². The zero-order chi connectivity index (χ0) is 19.4. The first-order valence-corrected chi connectivity index (χ1v) is 8.90. The Labute approximate surface area is 159 Å². The molecular weight excluding hydrogens is 364 g/mol. The largest absolute Gasteiger partial charge is 0.497 e. The molecule has 1 aromatic heterocycles. The number of rotatable bonds is 6. The fourth-order valence-electron chi connectivity index (χ4n) is 2.47. The third-order valence-electron chi connectivity index (χ3n) is 3.96. The van der Waals surface area contributed by atoms with Crippen LogP contribution < -0.4 is 30.7 Å². The lowest BCUT2D eigenvalue weighted by Crippen LogP contribution is -2.33. The predicted octanol–water partition coefficient (Wildman–Crippen LogP) is 1.51. The molecule has 0 atom stereocenters. The standard InChI is InChI=1S/C19H19N4O3S/c1-13-22(12-21-15-5-9-17(26-2)10-6-15)19(24)18(27-13)11-14-3-7-16(8-4-14)23(20)25/h3-11,21H,1,12H2,2H3,(H2,20,25)/q+1/b18-11+. The third kappa shape index (κ3) is 4.24. The molecule has 0 aliphatic carbocycles. The molecule has 1 heterocycles. The maximum atomic E-state index is 12.7. The first-order valence-electron chi connectivity index (χ1n) is 8.08. The van der Waals surface area contributed by atoms with Gasteiger partial charge in [-0.1, -0.05) is 6.58 Å². The van der Waals surface area contributed by atoms with Gasteiger partial charge in [0.05, 0.1) is 27.9 Å². The lowest BCUT2D eigenvalue weighted by molar-refractivity contribution is -0.474. The van der Waals surface area contributed by atoms with E-state index in [1.165, 1.54) is 11.3 Å². The number of nitrogens with two attached hydrogens (primary N) is 1. The van der Waals surface area contributed by atoms with Crippen molar-refractivity contribution in [1.82, 2.24) is 4.57 Å². The molecule has 0 radical (unpaired) electrons. The molecule has 7 nitrogen and oxygen atoms in total. The molecule has 0 bridgehead atoms. The molecule has 0 aliphatic heterocycles. The monoisotopic (exact) mass is 383 g/mol. The number of methoxy groups -OCH3 is 1. The van der Waals surface area contributed by atoms with Crippen molar-refractivity contribution in [3.63, 3.8) is 0 Å². The van der Waals surface area contributed by atoms with E-state index in [1.807, 2.05) is 24.3 Å². The molecule has 27 heavy (non-hydrogen) atoms. The Morgan fingerprint density at radius 3 is 2.48 bits per heavy atom. The molecule has 3 aromatic rings. The van der Waals surface area contributed by atoms with Gasteiger partial charge in [-0.3, -0.25) is 9.36 Å². The Morgan fingerprint density at radius 2 is 1.89 bits per heavy atom. The zero-order valence-electron chi connectivity index (χ0n) is 14.7. The van der Waals surface area contributed by atoms with Gasteiger partial charge in [-0.15, -0.1) is 11.3 Å². The summed E-state index contributed by atoms with van der Waals surface area (Å²) < 4.78 is 7.92. The number of nitrogens with zero attached hydrogens (tertiary/aromatic N) is 2. The van der Waals surface area contributed by atoms with Crippen LogP contribution in [0.4, 0.5) is 11.4 Å². The van der Waals surface area contributed by atoms with E-state index >= 15 is 0 Å². The van der Waals surface area contributed by atoms with E-state index in [-0.39, 0.29) is 5.56 Å². The topological polar surface area (TPSA) is 89.4 Å². The minimum atomic E-state index is -0.126. The van der Waals surface area contributed by atoms with Gasteiger partial charge in [-0.05, 0) is 48.0 Å². The zero-order valence-corrected chi connectivity index (χ0v) is 15.5. The number of nitrogens with one attached hydrogen (secondary N) is 1. The van der Waals surface area contributed by atoms with E-state index in [9.17, 15) is 9.70 Å². The average Bonchev–Trinajstić information content (AvgIpc) is 2.94. The number of ether oxygens (including phenoxy) is 1. The summed E-state index contributed by atoms with van der Waals surface area (Å²) >= 11 is 1.31. The lowest BCUT2D eigenvalue weighted by atomic mass is 10.2. The van der Waals surface area contributed by atoms with Gasteiger partial charge in [0.2, 0.25) is 0 Å². The molecule has 0 saturated heterocycles. The molecule has 0 spiro atoms. The van der Waals surface area contributed by atoms with Crippen molar-refractivity contribution in [2.75, 3.05) is 12.4 Å². The van der Waals surface area contributed by atoms with Gasteiger partial charge in [-0.25, -0.2) is 0 Å². The normalized spacial score (nSPS) is 11.4. The van der Waals surface area contributed by atoms with E-state index in [0.717, 1.165) is 17.0 Å². The highest BCUT2D eigenvalue weighted by Crippen LogP contribution is 2.14. The molecule has 0 saturated carbocycles. The van der Waals surface area contributed by atoms with E-state index in [0.29, 0.717) is 26.4 Å². The van der Waals surface area contributed by atoms with Crippen LogP contribution in [0.1, 0.15) is 5.56 Å². The third-order valence-corrected chi connectivity index (χ3v) is 4.93. The van der Waals surface area contributed by atoms with Crippen LogP contribution in [0.3, 0.4) is 0 Å². The summed E-state index contributed by atoms with van der Waals surface area (Å²) in [6, 6.07) is 14.1. The summed E-state index contributed by atoms with van der Waals surface area (Å²) in [7, 11) is 1.61. The second-order valence-corrected chi connectivity index (χ2v) is 6.83. The van der Waals surface area contributed by atoms with Crippen LogP contribution in [-0.4, -0.2) is 16.5 Å². The van der Waals surface area contributed by atoms with Gasteiger partial charge in [0.15, 0.2) is 4.87 Å². The fraction of sp³-hybridized carbons (Fsp3) is 0.105. The maximum Gasteiger partial charge on any atom is 0.291 e. The second kappa shape index (κ2) is 7.88. The molecule has 8 heteroatoms. The van der Waals surface area contributed by atoms with Gasteiger partial charge < -0.3 is 10.1 Å². The number of hydrogen-bond acceptors (Lipinski definition) is 5. The highest BCUT2D eigenvalue weighted by atomic mass is 32.1. The van der Waals surface area contributed by atoms with Crippen molar-refractivity contribution in [3.8, 4) is 5.75 Å².